The van der Waals surface area contributed by atoms with Gasteiger partial charge in [-0.05, 0) is 37.6 Å². The fraction of sp³-hybridized carbons (Fsp3) is 0.333. The van der Waals surface area contributed by atoms with Gasteiger partial charge in [-0.25, -0.2) is 9.18 Å². The Kier molecular flexibility index (Phi) is 5.60. The second kappa shape index (κ2) is 6.99. The number of benzene rings is 1. The van der Waals surface area contributed by atoms with Gasteiger partial charge in [-0.3, -0.25) is 4.79 Å². The summed E-state index contributed by atoms with van der Waals surface area (Å²) in [7, 11) is 0. The lowest BCUT2D eigenvalue weighted by Crippen LogP contribution is -2.41. The molecule has 6 heteroatoms. The molecule has 0 amide bonds. The highest BCUT2D eigenvalue weighted by molar-refractivity contribution is 5.88. The highest BCUT2D eigenvalue weighted by Gasteiger charge is 2.38. The maximum Gasteiger partial charge on any atom is 0.343 e. The average Bonchev–Trinajstić information content (AvgIpc) is 2.35. The maximum atomic E-state index is 13.0. The molecule has 0 radical (unpaired) electrons. The topological polar surface area (TPSA) is 83.8 Å². The fourth-order valence-electron chi connectivity index (χ4n) is 1.59. The summed E-state index contributed by atoms with van der Waals surface area (Å²) >= 11 is 0. The number of rotatable bonds is 6. The predicted molar refractivity (Wildman–Crippen MR) is 73.9 cm³/mol. The molecule has 1 atom stereocenters. The molecule has 0 aliphatic carbocycles. The number of hydrogen-bond donors (Lipinski definition) is 2. The van der Waals surface area contributed by atoms with Gasteiger partial charge in [-0.15, -0.1) is 0 Å². The molecule has 0 spiro atoms. The average molecular weight is 296 g/mol. The zero-order valence-electron chi connectivity index (χ0n) is 11.7. The number of ether oxygens (including phenoxy) is 1. The molecule has 0 aliphatic rings. The monoisotopic (exact) mass is 296 g/mol. The maximum absolute atomic E-state index is 13.0. The Hall–Kier alpha value is -2.21. The van der Waals surface area contributed by atoms with Crippen molar-refractivity contribution in [3.8, 4) is 0 Å². The SMILES string of the molecule is CC(C)OC(=O)C(O)(/C=C/c1cccc(F)c1)CC(=O)O. The predicted octanol–water partition coefficient (Wildman–Crippen LogP) is 2.00. The summed E-state index contributed by atoms with van der Waals surface area (Å²) in [4.78, 5) is 22.6. The van der Waals surface area contributed by atoms with E-state index in [2.05, 4.69) is 0 Å². The summed E-state index contributed by atoms with van der Waals surface area (Å²) < 4.78 is 17.9. The van der Waals surface area contributed by atoms with E-state index in [1.807, 2.05) is 0 Å². The molecule has 2 N–H and O–H groups in total. The first-order chi connectivity index (χ1) is 9.73. The van der Waals surface area contributed by atoms with E-state index in [0.717, 1.165) is 6.08 Å². The molecule has 0 heterocycles. The molecule has 114 valence electrons. The molecule has 1 unspecified atom stereocenters. The van der Waals surface area contributed by atoms with E-state index in [1.54, 1.807) is 19.9 Å². The van der Waals surface area contributed by atoms with Gasteiger partial charge in [0, 0.05) is 0 Å². The molecule has 0 aromatic heterocycles. The van der Waals surface area contributed by atoms with Crippen LogP contribution in [0.25, 0.3) is 6.08 Å². The Morgan fingerprint density at radius 2 is 2.10 bits per heavy atom. The van der Waals surface area contributed by atoms with Crippen molar-refractivity contribution < 1.29 is 28.9 Å². The van der Waals surface area contributed by atoms with E-state index in [4.69, 9.17) is 9.84 Å². The minimum atomic E-state index is -2.30. The Morgan fingerprint density at radius 3 is 2.62 bits per heavy atom. The van der Waals surface area contributed by atoms with Crippen LogP contribution in [0.5, 0.6) is 0 Å². The van der Waals surface area contributed by atoms with Gasteiger partial charge in [0.15, 0.2) is 5.60 Å². The van der Waals surface area contributed by atoms with E-state index in [1.165, 1.54) is 24.3 Å². The second-order valence-corrected chi connectivity index (χ2v) is 4.84. The number of carboxylic acids is 1. The number of aliphatic hydroxyl groups is 1. The number of hydrogen-bond acceptors (Lipinski definition) is 4. The molecular formula is C15H17FO5. The Bertz CT molecular complexity index is 553. The number of halogens is 1. The van der Waals surface area contributed by atoms with Crippen molar-refractivity contribution in [2.45, 2.75) is 32.0 Å². The van der Waals surface area contributed by atoms with Crippen molar-refractivity contribution in [1.82, 2.24) is 0 Å². The zero-order chi connectivity index (χ0) is 16.0. The van der Waals surface area contributed by atoms with Gasteiger partial charge in [-0.2, -0.15) is 0 Å². The summed E-state index contributed by atoms with van der Waals surface area (Å²) in [6.45, 7) is 3.16. The van der Waals surface area contributed by atoms with Crippen LogP contribution < -0.4 is 0 Å². The zero-order valence-corrected chi connectivity index (χ0v) is 11.7. The van der Waals surface area contributed by atoms with Gasteiger partial charge in [-0.1, -0.05) is 18.2 Å². The van der Waals surface area contributed by atoms with Crippen LogP contribution in [-0.2, 0) is 14.3 Å². The minimum Gasteiger partial charge on any atom is -0.481 e. The van der Waals surface area contributed by atoms with Crippen molar-refractivity contribution in [2.75, 3.05) is 0 Å². The van der Waals surface area contributed by atoms with Crippen molar-refractivity contribution in [2.24, 2.45) is 0 Å². The largest absolute Gasteiger partial charge is 0.481 e. The Labute approximate surface area is 121 Å². The molecule has 0 fully saturated rings. The number of aliphatic carboxylic acids is 1. The van der Waals surface area contributed by atoms with Crippen LogP contribution in [0.15, 0.2) is 30.3 Å². The molecule has 0 aliphatic heterocycles. The number of carbonyl (C=O) groups is 2. The van der Waals surface area contributed by atoms with E-state index >= 15 is 0 Å². The standard InChI is InChI=1S/C15H17FO5/c1-10(2)21-14(19)15(20,9-13(17)18)7-6-11-4-3-5-12(16)8-11/h3-8,10,20H,9H2,1-2H3,(H,17,18)/b7-6+. The van der Waals surface area contributed by atoms with Crippen LogP contribution in [0.1, 0.15) is 25.8 Å². The van der Waals surface area contributed by atoms with Crippen LogP contribution in [0.3, 0.4) is 0 Å². The van der Waals surface area contributed by atoms with Crippen LogP contribution in [0.2, 0.25) is 0 Å². The van der Waals surface area contributed by atoms with E-state index < -0.39 is 35.9 Å². The number of carboxylic acid groups (broad SMARTS) is 1. The summed E-state index contributed by atoms with van der Waals surface area (Å²) in [5.41, 5.74) is -1.92. The molecule has 0 bridgehead atoms. The first-order valence-corrected chi connectivity index (χ1v) is 6.33. The Morgan fingerprint density at radius 1 is 1.43 bits per heavy atom. The molecule has 1 aromatic carbocycles. The quantitative estimate of drug-likeness (QED) is 0.784. The lowest BCUT2D eigenvalue weighted by molar-refractivity contribution is -0.169. The molecule has 21 heavy (non-hydrogen) atoms. The Balaban J connectivity index is 3.02. The van der Waals surface area contributed by atoms with Crippen molar-refractivity contribution in [3.63, 3.8) is 0 Å². The third-order valence-corrected chi connectivity index (χ3v) is 2.52. The first-order valence-electron chi connectivity index (χ1n) is 6.33. The number of carbonyl (C=O) groups excluding carboxylic acids is 1. The smallest absolute Gasteiger partial charge is 0.343 e. The van der Waals surface area contributed by atoms with Crippen LogP contribution in [-0.4, -0.2) is 33.9 Å². The van der Waals surface area contributed by atoms with Gasteiger partial charge < -0.3 is 14.9 Å². The third-order valence-electron chi connectivity index (χ3n) is 2.52. The van der Waals surface area contributed by atoms with Crippen molar-refractivity contribution in [3.05, 3.63) is 41.7 Å². The van der Waals surface area contributed by atoms with Crippen LogP contribution in [0, 0.1) is 5.82 Å². The van der Waals surface area contributed by atoms with Gasteiger partial charge in [0.25, 0.3) is 0 Å². The van der Waals surface area contributed by atoms with Crippen molar-refractivity contribution >= 4 is 18.0 Å². The third kappa shape index (κ3) is 5.35. The summed E-state index contributed by atoms with van der Waals surface area (Å²) in [5, 5.41) is 19.0. The fourth-order valence-corrected chi connectivity index (χ4v) is 1.59. The lowest BCUT2D eigenvalue weighted by Gasteiger charge is -2.22. The van der Waals surface area contributed by atoms with E-state index in [0.29, 0.717) is 5.56 Å². The van der Waals surface area contributed by atoms with Crippen LogP contribution in [0.4, 0.5) is 4.39 Å². The molecule has 5 nitrogen and oxygen atoms in total. The van der Waals surface area contributed by atoms with Gasteiger partial charge in [0.2, 0.25) is 0 Å². The highest BCUT2D eigenvalue weighted by atomic mass is 19.1. The summed E-state index contributed by atoms with van der Waals surface area (Å²) in [5.74, 6) is -2.90. The molecule has 1 aromatic rings. The molecular weight excluding hydrogens is 279 g/mol. The number of esters is 1. The van der Waals surface area contributed by atoms with Crippen LogP contribution >= 0.6 is 0 Å². The van der Waals surface area contributed by atoms with Gasteiger partial charge in [0.05, 0.1) is 12.5 Å². The molecule has 0 saturated heterocycles. The normalized spacial score (nSPS) is 14.1. The van der Waals surface area contributed by atoms with Gasteiger partial charge >= 0.3 is 11.9 Å². The summed E-state index contributed by atoms with van der Waals surface area (Å²) in [6.07, 6.45) is 0.930. The highest BCUT2D eigenvalue weighted by Crippen LogP contribution is 2.18. The van der Waals surface area contributed by atoms with Crippen molar-refractivity contribution in [1.29, 1.82) is 0 Å². The lowest BCUT2D eigenvalue weighted by atomic mass is 9.98. The van der Waals surface area contributed by atoms with E-state index in [-0.39, 0.29) is 0 Å². The first kappa shape index (κ1) is 16.8. The summed E-state index contributed by atoms with van der Waals surface area (Å²) in [6, 6.07) is 5.44. The second-order valence-electron chi connectivity index (χ2n) is 4.84. The van der Waals surface area contributed by atoms with Gasteiger partial charge in [0.1, 0.15) is 5.82 Å². The minimum absolute atomic E-state index is 0.385. The molecule has 1 rings (SSSR count). The molecule has 0 saturated carbocycles. The van der Waals surface area contributed by atoms with E-state index in [9.17, 15) is 19.1 Å².